The van der Waals surface area contributed by atoms with E-state index in [4.69, 9.17) is 13.3 Å². The van der Waals surface area contributed by atoms with Gasteiger partial charge >= 0.3 is 8.80 Å². The molecule has 17 heavy (non-hydrogen) atoms. The summed E-state index contributed by atoms with van der Waals surface area (Å²) >= 11 is 3.68. The highest BCUT2D eigenvalue weighted by Gasteiger charge is 2.54. The summed E-state index contributed by atoms with van der Waals surface area (Å²) in [6.45, 7) is 12.5. The number of hydrogen-bond acceptors (Lipinski definition) is 3. The van der Waals surface area contributed by atoms with Crippen molar-refractivity contribution in [3.63, 3.8) is 0 Å². The summed E-state index contributed by atoms with van der Waals surface area (Å²) in [5, 5.41) is 0. The first-order valence-electron chi connectivity index (χ1n) is 6.54. The van der Waals surface area contributed by atoms with Crippen LogP contribution in [0.3, 0.4) is 0 Å². The molecule has 0 saturated heterocycles. The number of halogens is 1. The molecule has 0 radical (unpaired) electrons. The maximum absolute atomic E-state index is 6.00. The molecule has 0 heterocycles. The first kappa shape index (κ1) is 17.6. The highest BCUT2D eigenvalue weighted by molar-refractivity contribution is 9.10. The Hall–Kier alpha value is 0.577. The molecule has 0 rings (SSSR count). The van der Waals surface area contributed by atoms with E-state index in [1.165, 1.54) is 0 Å². The van der Waals surface area contributed by atoms with Gasteiger partial charge in [-0.3, -0.25) is 0 Å². The third-order valence-corrected chi connectivity index (χ3v) is 6.88. The van der Waals surface area contributed by atoms with E-state index in [0.29, 0.717) is 19.8 Å². The van der Waals surface area contributed by atoms with Gasteiger partial charge in [-0.05, 0) is 33.1 Å². The third kappa shape index (κ3) is 5.83. The Labute approximate surface area is 116 Å². The van der Waals surface area contributed by atoms with Crippen LogP contribution >= 0.6 is 15.9 Å². The van der Waals surface area contributed by atoms with Gasteiger partial charge in [-0.1, -0.05) is 36.7 Å². The molecule has 0 spiro atoms. The molecule has 0 atom stereocenters. The Balaban J connectivity index is 4.78. The average Bonchev–Trinajstić information content (AvgIpc) is 2.27. The average molecular weight is 327 g/mol. The molecule has 0 aliphatic heterocycles. The molecule has 0 aromatic carbocycles. The van der Waals surface area contributed by atoms with E-state index >= 15 is 0 Å². The van der Waals surface area contributed by atoms with Gasteiger partial charge in [0.2, 0.25) is 0 Å². The molecule has 0 aliphatic rings. The minimum atomic E-state index is -2.64. The Morgan fingerprint density at radius 3 is 1.29 bits per heavy atom. The van der Waals surface area contributed by atoms with Crippen LogP contribution in [-0.2, 0) is 13.3 Å². The highest BCUT2D eigenvalue weighted by Crippen LogP contribution is 2.32. The Bertz CT molecular complexity index is 173. The molecule has 0 saturated carbocycles. The SMILES string of the molecule is CCCO[Si](OCCC)(OCCC)C(C)(C)Br. The monoisotopic (exact) mass is 326 g/mol. The van der Waals surface area contributed by atoms with Crippen LogP contribution in [-0.4, -0.2) is 32.6 Å². The van der Waals surface area contributed by atoms with Crippen LogP contribution in [0.25, 0.3) is 0 Å². The van der Waals surface area contributed by atoms with Crippen LogP contribution in [0.2, 0.25) is 0 Å². The lowest BCUT2D eigenvalue weighted by molar-refractivity contribution is 0.0505. The normalized spacial score (nSPS) is 13.1. The molecule has 104 valence electrons. The third-order valence-electron chi connectivity index (χ3n) is 2.22. The minimum Gasteiger partial charge on any atom is -0.373 e. The standard InChI is InChI=1S/C12H27BrO3Si/c1-6-9-14-17(12(4,5)13,15-10-7-2)16-11-8-3/h6-11H2,1-5H3. The van der Waals surface area contributed by atoms with Crippen LogP contribution in [0.1, 0.15) is 53.9 Å². The lowest BCUT2D eigenvalue weighted by Crippen LogP contribution is -2.59. The topological polar surface area (TPSA) is 27.7 Å². The van der Waals surface area contributed by atoms with E-state index in [9.17, 15) is 0 Å². The number of alkyl halides is 1. The van der Waals surface area contributed by atoms with Crippen molar-refractivity contribution >= 4 is 24.7 Å². The van der Waals surface area contributed by atoms with Gasteiger partial charge < -0.3 is 13.3 Å². The fourth-order valence-electron chi connectivity index (χ4n) is 1.35. The molecule has 0 fully saturated rings. The van der Waals surface area contributed by atoms with E-state index < -0.39 is 8.80 Å². The molecule has 0 bridgehead atoms. The van der Waals surface area contributed by atoms with Crippen LogP contribution in [0.4, 0.5) is 0 Å². The van der Waals surface area contributed by atoms with Crippen molar-refractivity contribution < 1.29 is 13.3 Å². The second kappa shape index (κ2) is 8.64. The Morgan fingerprint density at radius 1 is 0.824 bits per heavy atom. The van der Waals surface area contributed by atoms with Crippen molar-refractivity contribution in [2.45, 2.75) is 57.8 Å². The van der Waals surface area contributed by atoms with Crippen molar-refractivity contribution in [3.05, 3.63) is 0 Å². The summed E-state index contributed by atoms with van der Waals surface area (Å²) in [4.78, 5) is 0. The van der Waals surface area contributed by atoms with E-state index in [-0.39, 0.29) is 3.95 Å². The van der Waals surface area contributed by atoms with Gasteiger partial charge in [-0.2, -0.15) is 0 Å². The van der Waals surface area contributed by atoms with Gasteiger partial charge in [0.1, 0.15) is 0 Å². The molecule has 3 nitrogen and oxygen atoms in total. The van der Waals surface area contributed by atoms with E-state index in [0.717, 1.165) is 19.3 Å². The van der Waals surface area contributed by atoms with Gasteiger partial charge in [-0.25, -0.2) is 0 Å². The molecule has 0 aromatic rings. The second-order valence-corrected chi connectivity index (χ2v) is 10.5. The highest BCUT2D eigenvalue weighted by atomic mass is 79.9. The predicted octanol–water partition coefficient (Wildman–Crippen LogP) is 3.92. The van der Waals surface area contributed by atoms with Crippen molar-refractivity contribution in [1.82, 2.24) is 0 Å². The lowest BCUT2D eigenvalue weighted by atomic mass is 10.5. The van der Waals surface area contributed by atoms with Crippen LogP contribution in [0.5, 0.6) is 0 Å². The quantitative estimate of drug-likeness (QED) is 0.450. The molecule has 0 amide bonds. The molecular formula is C12H27BrO3Si. The fourth-order valence-corrected chi connectivity index (χ4v) is 5.08. The van der Waals surface area contributed by atoms with Crippen molar-refractivity contribution in [3.8, 4) is 0 Å². The molecule has 5 heteroatoms. The maximum atomic E-state index is 6.00. The predicted molar refractivity (Wildman–Crippen MR) is 77.5 cm³/mol. The zero-order valence-corrected chi connectivity index (χ0v) is 14.4. The van der Waals surface area contributed by atoms with E-state index in [1.54, 1.807) is 0 Å². The number of hydrogen-bond donors (Lipinski definition) is 0. The maximum Gasteiger partial charge on any atom is 0.518 e. The van der Waals surface area contributed by atoms with Gasteiger partial charge in [0.05, 0.1) is 3.95 Å². The van der Waals surface area contributed by atoms with Crippen molar-refractivity contribution in [1.29, 1.82) is 0 Å². The molecule has 0 N–H and O–H groups in total. The van der Waals surface area contributed by atoms with Crippen molar-refractivity contribution in [2.24, 2.45) is 0 Å². The summed E-state index contributed by atoms with van der Waals surface area (Å²) in [5.74, 6) is 0. The molecule has 0 aromatic heterocycles. The van der Waals surface area contributed by atoms with Gasteiger partial charge in [0.25, 0.3) is 0 Å². The van der Waals surface area contributed by atoms with Crippen LogP contribution < -0.4 is 0 Å². The largest absolute Gasteiger partial charge is 0.518 e. The number of rotatable bonds is 10. The van der Waals surface area contributed by atoms with E-state index in [1.807, 2.05) is 0 Å². The Morgan fingerprint density at radius 2 is 1.12 bits per heavy atom. The van der Waals surface area contributed by atoms with Gasteiger partial charge in [0, 0.05) is 19.8 Å². The van der Waals surface area contributed by atoms with Gasteiger partial charge in [0.15, 0.2) is 0 Å². The first-order valence-corrected chi connectivity index (χ1v) is 9.06. The van der Waals surface area contributed by atoms with Crippen molar-refractivity contribution in [2.75, 3.05) is 19.8 Å². The smallest absolute Gasteiger partial charge is 0.373 e. The molecular weight excluding hydrogens is 300 g/mol. The fraction of sp³-hybridized carbons (Fsp3) is 1.00. The summed E-state index contributed by atoms with van der Waals surface area (Å²) in [6, 6.07) is 0. The Kier molecular flexibility index (Phi) is 8.93. The first-order chi connectivity index (χ1) is 7.93. The zero-order chi connectivity index (χ0) is 13.4. The van der Waals surface area contributed by atoms with Gasteiger partial charge in [-0.15, -0.1) is 0 Å². The summed E-state index contributed by atoms with van der Waals surface area (Å²) in [5.41, 5.74) is 0. The minimum absolute atomic E-state index is 0.250. The summed E-state index contributed by atoms with van der Waals surface area (Å²) < 4.78 is 17.7. The lowest BCUT2D eigenvalue weighted by Gasteiger charge is -2.37. The zero-order valence-electron chi connectivity index (χ0n) is 11.8. The second-order valence-electron chi connectivity index (χ2n) is 4.57. The van der Waals surface area contributed by atoms with Crippen LogP contribution in [0.15, 0.2) is 0 Å². The van der Waals surface area contributed by atoms with E-state index in [2.05, 4.69) is 50.5 Å². The molecule has 0 unspecified atom stereocenters. The summed E-state index contributed by atoms with van der Waals surface area (Å²) in [7, 11) is -2.64. The van der Waals surface area contributed by atoms with Crippen LogP contribution in [0, 0.1) is 0 Å². The summed E-state index contributed by atoms with van der Waals surface area (Å²) in [6.07, 6.45) is 2.92. The molecule has 0 aliphatic carbocycles.